The summed E-state index contributed by atoms with van der Waals surface area (Å²) in [5.74, 6) is 1.76. The van der Waals surface area contributed by atoms with E-state index in [0.717, 1.165) is 64.4 Å². The molecule has 8 rings (SSSR count). The van der Waals surface area contributed by atoms with Crippen molar-refractivity contribution in [1.82, 2.24) is 30.1 Å². The van der Waals surface area contributed by atoms with Gasteiger partial charge in [0.05, 0.1) is 56.1 Å². The van der Waals surface area contributed by atoms with Gasteiger partial charge in [0.25, 0.3) is 0 Å². The highest BCUT2D eigenvalue weighted by Crippen LogP contribution is 2.51. The topological polar surface area (TPSA) is 146 Å². The Morgan fingerprint density at radius 3 is 2.65 bits per heavy atom. The lowest BCUT2D eigenvalue weighted by Gasteiger charge is -2.32. The first-order chi connectivity index (χ1) is 23.6. The average molecular weight is 700 g/mol. The summed E-state index contributed by atoms with van der Waals surface area (Å²) in [4.78, 5) is 20.1. The molecule has 0 amide bonds. The average Bonchev–Trinajstić information content (AvgIpc) is 3.84. The van der Waals surface area contributed by atoms with Crippen LogP contribution in [0.1, 0.15) is 93.9 Å². The van der Waals surface area contributed by atoms with Gasteiger partial charge in [0.15, 0.2) is 9.84 Å². The zero-order valence-corrected chi connectivity index (χ0v) is 30.1. The molecule has 0 aromatic carbocycles. The van der Waals surface area contributed by atoms with Crippen molar-refractivity contribution in [3.05, 3.63) is 59.3 Å². The fourth-order valence-corrected chi connectivity index (χ4v) is 11.5. The molecule has 0 spiro atoms. The molecule has 256 valence electrons. The number of pyridine rings is 2. The first-order valence-electron chi connectivity index (χ1n) is 17.3. The molecule has 5 aromatic heterocycles. The van der Waals surface area contributed by atoms with Crippen LogP contribution in [0.3, 0.4) is 0 Å². The van der Waals surface area contributed by atoms with Crippen molar-refractivity contribution in [2.75, 3.05) is 11.1 Å². The monoisotopic (exact) mass is 699 g/mol. The molecule has 0 bridgehead atoms. The van der Waals surface area contributed by atoms with Gasteiger partial charge in [-0.2, -0.15) is 0 Å². The molecular weight excluding hydrogens is 659 g/mol. The minimum atomic E-state index is -3.69. The standard InChI is InChI=1S/C36H41N7O4S2/c1-18(2)24-16-49(44,45)34-31(29-15-28-33(48-29)35(39-17-38-28)41-26-11-10-25-23(26)7-6-12-37-25)30(36-43-42-21(5)47-36)27(40-32(24)34)9-8-22-13-19(3)46-20(4)14-22/h6-7,12,15,17-20,22,24,26H,8-11,13-14,16H2,1-5H3,(H,38,39,41)/t19?,20?,22?,24-,26-/m0/s1. The van der Waals surface area contributed by atoms with Crippen LogP contribution in [0, 0.1) is 18.8 Å². The number of aromatic nitrogens is 6. The Balaban J connectivity index is 1.30. The minimum absolute atomic E-state index is 0.0212. The van der Waals surface area contributed by atoms with Crippen LogP contribution in [0.25, 0.3) is 32.1 Å². The molecular formula is C36H41N7O4S2. The zero-order valence-electron chi connectivity index (χ0n) is 28.4. The highest BCUT2D eigenvalue weighted by molar-refractivity contribution is 7.92. The Morgan fingerprint density at radius 1 is 1.08 bits per heavy atom. The molecule has 1 saturated heterocycles. The number of thiophene rings is 1. The molecule has 4 atom stereocenters. The van der Waals surface area contributed by atoms with Crippen molar-refractivity contribution < 1.29 is 17.6 Å². The Morgan fingerprint density at radius 2 is 1.90 bits per heavy atom. The number of fused-ring (bicyclic) bond motifs is 3. The second kappa shape index (κ2) is 12.5. The number of aryl methyl sites for hydroxylation is 3. The van der Waals surface area contributed by atoms with Crippen molar-refractivity contribution >= 4 is 37.2 Å². The van der Waals surface area contributed by atoms with E-state index in [2.05, 4.69) is 64.2 Å². The summed E-state index contributed by atoms with van der Waals surface area (Å²) in [5.41, 5.74) is 5.65. The molecule has 0 radical (unpaired) electrons. The number of anilines is 1. The first-order valence-corrected chi connectivity index (χ1v) is 19.7. The molecule has 5 aromatic rings. The first kappa shape index (κ1) is 32.4. The highest BCUT2D eigenvalue weighted by Gasteiger charge is 2.43. The molecule has 2 unspecified atom stereocenters. The Bertz CT molecular complexity index is 2150. The van der Waals surface area contributed by atoms with Crippen molar-refractivity contribution in [1.29, 1.82) is 0 Å². The molecule has 1 fully saturated rings. The zero-order chi connectivity index (χ0) is 34.0. The van der Waals surface area contributed by atoms with Gasteiger partial charge >= 0.3 is 0 Å². The molecule has 7 heterocycles. The minimum Gasteiger partial charge on any atom is -0.421 e. The van der Waals surface area contributed by atoms with Crippen LogP contribution in [0.5, 0.6) is 0 Å². The SMILES string of the molecule is Cc1nnc(-c2c(CCC3CC(C)OC(C)C3)nc3c(c2-c2cc4ncnc(N[C@H]5CCc6ncccc65)c4s2)S(=O)(=O)C[C@H]3C(C)C)o1. The van der Waals surface area contributed by atoms with E-state index in [1.165, 1.54) is 16.9 Å². The number of hydrogen-bond donors (Lipinski definition) is 1. The van der Waals surface area contributed by atoms with Crippen LogP contribution in [0.2, 0.25) is 0 Å². The number of sulfone groups is 1. The third-order valence-electron chi connectivity index (χ3n) is 10.3. The summed E-state index contributed by atoms with van der Waals surface area (Å²) < 4.78 is 41.4. The van der Waals surface area contributed by atoms with Crippen molar-refractivity contribution in [3.8, 4) is 21.9 Å². The molecule has 3 aliphatic rings. The smallest absolute Gasteiger partial charge is 0.250 e. The summed E-state index contributed by atoms with van der Waals surface area (Å²) in [6, 6.07) is 6.13. The number of hydrogen-bond acceptors (Lipinski definition) is 12. The van der Waals surface area contributed by atoms with Crippen LogP contribution in [-0.4, -0.2) is 56.5 Å². The maximum atomic E-state index is 14.2. The van der Waals surface area contributed by atoms with Gasteiger partial charge in [-0.25, -0.2) is 18.4 Å². The highest BCUT2D eigenvalue weighted by atomic mass is 32.2. The van der Waals surface area contributed by atoms with Crippen molar-refractivity contribution in [2.24, 2.45) is 11.8 Å². The van der Waals surface area contributed by atoms with E-state index in [1.807, 2.05) is 18.3 Å². The molecule has 49 heavy (non-hydrogen) atoms. The van der Waals surface area contributed by atoms with Gasteiger partial charge in [-0.3, -0.25) is 9.97 Å². The molecule has 11 nitrogen and oxygen atoms in total. The van der Waals surface area contributed by atoms with E-state index in [4.69, 9.17) is 14.1 Å². The summed E-state index contributed by atoms with van der Waals surface area (Å²) in [6.07, 6.45) is 9.11. The molecule has 2 aliphatic heterocycles. The predicted octanol–water partition coefficient (Wildman–Crippen LogP) is 7.27. The fourth-order valence-electron chi connectivity index (χ4n) is 8.08. The maximum absolute atomic E-state index is 14.2. The third kappa shape index (κ3) is 5.93. The number of rotatable bonds is 8. The summed E-state index contributed by atoms with van der Waals surface area (Å²) in [5, 5.41) is 12.3. The number of ether oxygens (including phenoxy) is 1. The summed E-state index contributed by atoms with van der Waals surface area (Å²) in [6.45, 7) is 10.2. The maximum Gasteiger partial charge on any atom is 0.250 e. The van der Waals surface area contributed by atoms with Crippen LogP contribution in [0.15, 0.2) is 40.0 Å². The quantitative estimate of drug-likeness (QED) is 0.174. The van der Waals surface area contributed by atoms with E-state index in [9.17, 15) is 8.42 Å². The predicted molar refractivity (Wildman–Crippen MR) is 188 cm³/mol. The molecule has 13 heteroatoms. The van der Waals surface area contributed by atoms with Crippen molar-refractivity contribution in [2.45, 2.75) is 102 Å². The summed E-state index contributed by atoms with van der Waals surface area (Å²) in [7, 11) is -3.69. The van der Waals surface area contributed by atoms with Crippen LogP contribution in [0.4, 0.5) is 5.82 Å². The Kier molecular flexibility index (Phi) is 8.27. The van der Waals surface area contributed by atoms with Gasteiger partial charge in [0.2, 0.25) is 11.8 Å². The van der Waals surface area contributed by atoms with E-state index in [-0.39, 0.29) is 46.6 Å². The van der Waals surface area contributed by atoms with Gasteiger partial charge < -0.3 is 14.5 Å². The van der Waals surface area contributed by atoms with Gasteiger partial charge in [-0.15, -0.1) is 21.5 Å². The van der Waals surface area contributed by atoms with E-state index in [1.54, 1.807) is 13.3 Å². The van der Waals surface area contributed by atoms with E-state index >= 15 is 0 Å². The lowest BCUT2D eigenvalue weighted by atomic mass is 9.86. The van der Waals surface area contributed by atoms with Gasteiger partial charge in [0.1, 0.15) is 12.1 Å². The van der Waals surface area contributed by atoms with E-state index < -0.39 is 9.84 Å². The molecule has 1 aliphatic carbocycles. The van der Waals surface area contributed by atoms with Crippen LogP contribution < -0.4 is 5.32 Å². The molecule has 0 saturated carbocycles. The van der Waals surface area contributed by atoms with Crippen molar-refractivity contribution in [3.63, 3.8) is 0 Å². The lowest BCUT2D eigenvalue weighted by Crippen LogP contribution is -2.29. The van der Waals surface area contributed by atoms with E-state index in [0.29, 0.717) is 35.1 Å². The van der Waals surface area contributed by atoms with Gasteiger partial charge in [-0.05, 0) is 81.9 Å². The number of nitrogens with one attached hydrogen (secondary N) is 1. The van der Waals surface area contributed by atoms with Gasteiger partial charge in [0, 0.05) is 35.2 Å². The second-order valence-corrected chi connectivity index (χ2v) is 17.3. The third-order valence-corrected chi connectivity index (χ3v) is 13.3. The lowest BCUT2D eigenvalue weighted by molar-refractivity contribution is -0.0533. The Labute approximate surface area is 290 Å². The second-order valence-electron chi connectivity index (χ2n) is 14.2. The van der Waals surface area contributed by atoms with Crippen LogP contribution in [-0.2, 0) is 27.4 Å². The molecule has 1 N–H and O–H groups in total. The fraction of sp³-hybridized carbons (Fsp3) is 0.500. The summed E-state index contributed by atoms with van der Waals surface area (Å²) >= 11 is 1.49. The largest absolute Gasteiger partial charge is 0.421 e. The number of nitrogens with zero attached hydrogens (tertiary/aromatic N) is 6. The van der Waals surface area contributed by atoms with Gasteiger partial charge in [-0.1, -0.05) is 19.9 Å². The Hall–Kier alpha value is -3.81. The normalized spacial score (nSPS) is 24.4. The van der Waals surface area contributed by atoms with Crippen LogP contribution >= 0.6 is 11.3 Å².